The van der Waals surface area contributed by atoms with Gasteiger partial charge in [0.15, 0.2) is 0 Å². The van der Waals surface area contributed by atoms with E-state index < -0.39 is 10.5 Å². The van der Waals surface area contributed by atoms with Crippen LogP contribution in [0.1, 0.15) is 0 Å². The molecule has 30 heavy (non-hydrogen) atoms. The molecular formula is C18H16ClN7O4. The highest BCUT2D eigenvalue weighted by Crippen LogP contribution is 2.25. The second-order valence-corrected chi connectivity index (χ2v) is 7.05. The summed E-state index contributed by atoms with van der Waals surface area (Å²) in [5.74, 6) is -0.148. The number of anilines is 2. The minimum absolute atomic E-state index is 0.0390. The van der Waals surface area contributed by atoms with Crippen LogP contribution >= 0.6 is 11.6 Å². The Labute approximate surface area is 174 Å². The van der Waals surface area contributed by atoms with Gasteiger partial charge >= 0.3 is 0 Å². The molecule has 0 atom stereocenters. The lowest BCUT2D eigenvalue weighted by Crippen LogP contribution is -2.51. The summed E-state index contributed by atoms with van der Waals surface area (Å²) in [5, 5.41) is 18.9. The average Bonchev–Trinajstić information content (AvgIpc) is 3.16. The summed E-state index contributed by atoms with van der Waals surface area (Å²) in [6, 6.07) is 5.39. The zero-order valence-electron chi connectivity index (χ0n) is 15.8. The van der Waals surface area contributed by atoms with Crippen molar-refractivity contribution in [3.05, 3.63) is 68.3 Å². The highest BCUT2D eigenvalue weighted by Gasteiger charge is 2.28. The van der Waals surface area contributed by atoms with Crippen LogP contribution in [0.3, 0.4) is 0 Å². The van der Waals surface area contributed by atoms with Gasteiger partial charge in [0.2, 0.25) is 5.91 Å². The molecule has 1 saturated heterocycles. The van der Waals surface area contributed by atoms with Crippen LogP contribution in [0.25, 0.3) is 5.69 Å². The van der Waals surface area contributed by atoms with Crippen molar-refractivity contribution in [3.63, 3.8) is 0 Å². The van der Waals surface area contributed by atoms with Crippen LogP contribution in [0.15, 0.2) is 47.7 Å². The predicted molar refractivity (Wildman–Crippen MR) is 109 cm³/mol. The summed E-state index contributed by atoms with van der Waals surface area (Å²) in [6.07, 6.45) is 4.79. The average molecular weight is 430 g/mol. The van der Waals surface area contributed by atoms with Gasteiger partial charge in [-0.15, -0.1) is 0 Å². The van der Waals surface area contributed by atoms with Crippen molar-refractivity contribution in [2.24, 2.45) is 7.05 Å². The second kappa shape index (κ2) is 7.59. The van der Waals surface area contributed by atoms with E-state index in [1.807, 2.05) is 0 Å². The van der Waals surface area contributed by atoms with Gasteiger partial charge in [0, 0.05) is 38.5 Å². The number of nitrogens with zero attached hydrogens (tertiary/aromatic N) is 7. The number of piperazine rings is 1. The van der Waals surface area contributed by atoms with Crippen LogP contribution in [0.4, 0.5) is 17.1 Å². The maximum atomic E-state index is 12.7. The lowest BCUT2D eigenvalue weighted by atomic mass is 10.2. The molecule has 154 valence electrons. The van der Waals surface area contributed by atoms with Gasteiger partial charge in [0.05, 0.1) is 40.9 Å². The Bertz CT molecular complexity index is 1190. The number of rotatable bonds is 4. The van der Waals surface area contributed by atoms with Gasteiger partial charge in [-0.3, -0.25) is 24.4 Å². The van der Waals surface area contributed by atoms with Crippen LogP contribution in [-0.4, -0.2) is 50.0 Å². The van der Waals surface area contributed by atoms with Gasteiger partial charge in [-0.25, -0.2) is 0 Å². The summed E-state index contributed by atoms with van der Waals surface area (Å²) in [4.78, 5) is 38.9. The van der Waals surface area contributed by atoms with Crippen molar-refractivity contribution < 1.29 is 9.72 Å². The van der Waals surface area contributed by atoms with Gasteiger partial charge in [0.1, 0.15) is 5.02 Å². The zero-order chi connectivity index (χ0) is 21.4. The molecule has 0 saturated carbocycles. The van der Waals surface area contributed by atoms with Crippen LogP contribution in [0.2, 0.25) is 5.02 Å². The Morgan fingerprint density at radius 1 is 1.07 bits per heavy atom. The number of carbonyl (C=O) groups is 1. The number of aromatic nitrogens is 4. The summed E-state index contributed by atoms with van der Waals surface area (Å²) in [5.41, 5.74) is 0.736. The molecule has 3 aromatic rings. The minimum atomic E-state index is -0.579. The van der Waals surface area contributed by atoms with Crippen molar-refractivity contribution in [1.29, 1.82) is 0 Å². The molecule has 0 N–H and O–H groups in total. The Morgan fingerprint density at radius 3 is 2.40 bits per heavy atom. The fourth-order valence-corrected chi connectivity index (χ4v) is 3.49. The molecule has 1 aliphatic heterocycles. The number of hydrogen-bond donors (Lipinski definition) is 0. The summed E-state index contributed by atoms with van der Waals surface area (Å²) in [7, 11) is 1.77. The van der Waals surface area contributed by atoms with Crippen LogP contribution in [0, 0.1) is 10.1 Å². The summed E-state index contributed by atoms with van der Waals surface area (Å²) in [6.45, 7) is 0.909. The van der Waals surface area contributed by atoms with E-state index in [9.17, 15) is 19.7 Å². The number of aryl methyl sites for hydroxylation is 1. The fraction of sp³-hybridized carbons (Fsp3) is 0.222. The molecule has 1 aromatic carbocycles. The van der Waals surface area contributed by atoms with Gasteiger partial charge in [-0.2, -0.15) is 14.9 Å². The Morgan fingerprint density at radius 2 is 1.80 bits per heavy atom. The van der Waals surface area contributed by atoms with Crippen molar-refractivity contribution in [3.8, 4) is 5.69 Å². The zero-order valence-corrected chi connectivity index (χ0v) is 16.6. The monoisotopic (exact) mass is 429 g/mol. The molecule has 11 nitrogen and oxygen atoms in total. The molecule has 1 amide bonds. The first-order valence-electron chi connectivity index (χ1n) is 8.92. The summed E-state index contributed by atoms with van der Waals surface area (Å²) < 4.78 is 2.68. The predicted octanol–water partition coefficient (Wildman–Crippen LogP) is 1.38. The molecule has 4 rings (SSSR count). The second-order valence-electron chi connectivity index (χ2n) is 6.67. The molecule has 0 radical (unpaired) electrons. The maximum absolute atomic E-state index is 12.7. The Hall–Kier alpha value is -3.73. The third-order valence-electron chi connectivity index (χ3n) is 4.77. The topological polar surface area (TPSA) is 119 Å². The van der Waals surface area contributed by atoms with E-state index in [2.05, 4.69) is 10.2 Å². The molecule has 0 spiro atoms. The van der Waals surface area contributed by atoms with Crippen molar-refractivity contribution in [2.75, 3.05) is 29.4 Å². The highest BCUT2D eigenvalue weighted by atomic mass is 35.5. The highest BCUT2D eigenvalue weighted by molar-refractivity contribution is 6.33. The Balaban J connectivity index is 1.57. The smallest absolute Gasteiger partial charge is 0.292 e. The maximum Gasteiger partial charge on any atom is 0.292 e. The first-order chi connectivity index (χ1) is 14.3. The lowest BCUT2D eigenvalue weighted by Gasteiger charge is -2.35. The molecule has 1 fully saturated rings. The van der Waals surface area contributed by atoms with Crippen LogP contribution in [-0.2, 0) is 11.8 Å². The third kappa shape index (κ3) is 3.50. The van der Waals surface area contributed by atoms with Gasteiger partial charge in [-0.05, 0) is 12.1 Å². The van der Waals surface area contributed by atoms with Gasteiger partial charge in [0.25, 0.3) is 11.2 Å². The number of hydrogen-bond acceptors (Lipinski definition) is 7. The van der Waals surface area contributed by atoms with E-state index in [0.717, 1.165) is 4.68 Å². The number of benzene rings is 1. The lowest BCUT2D eigenvalue weighted by molar-refractivity contribution is -0.384. The molecule has 0 unspecified atom stereocenters. The number of nitro benzene ring substituents is 1. The molecular weight excluding hydrogens is 414 g/mol. The molecule has 12 heteroatoms. The van der Waals surface area contributed by atoms with Crippen molar-refractivity contribution in [2.45, 2.75) is 0 Å². The number of nitro groups is 1. The molecule has 2 aromatic heterocycles. The first kappa shape index (κ1) is 19.6. The normalized spacial score (nSPS) is 14.3. The number of amides is 1. The number of non-ortho nitro benzene ring substituents is 1. The molecule has 0 bridgehead atoms. The van der Waals surface area contributed by atoms with Crippen molar-refractivity contribution in [1.82, 2.24) is 19.6 Å². The number of halogens is 1. The molecule has 1 aliphatic rings. The quantitative estimate of drug-likeness (QED) is 0.454. The molecule has 3 heterocycles. The Kier molecular flexibility index (Phi) is 4.96. The van der Waals surface area contributed by atoms with Crippen LogP contribution < -0.4 is 15.4 Å². The summed E-state index contributed by atoms with van der Waals surface area (Å²) >= 11 is 6.31. The van der Waals surface area contributed by atoms with E-state index >= 15 is 0 Å². The number of carbonyl (C=O) groups excluding carboxylic acids is 1. The van der Waals surface area contributed by atoms with E-state index in [1.165, 1.54) is 30.5 Å². The van der Waals surface area contributed by atoms with Gasteiger partial charge in [-0.1, -0.05) is 11.6 Å². The van der Waals surface area contributed by atoms with E-state index in [1.54, 1.807) is 33.9 Å². The fourth-order valence-electron chi connectivity index (χ4n) is 3.24. The SMILES string of the molecule is Cn1cc(N2CCN(c3cnn(-c4ccc([N+](=O)[O-])cc4)c(=O)c3Cl)CC2=O)cn1. The third-order valence-corrected chi connectivity index (χ3v) is 5.13. The van der Waals surface area contributed by atoms with Crippen LogP contribution in [0.5, 0.6) is 0 Å². The standard InChI is InChI=1S/C18H16ClN7O4/c1-22-10-14(8-20-22)24-7-6-23(11-16(24)27)15-9-21-25(18(28)17(15)19)12-2-4-13(5-3-12)26(29)30/h2-5,8-10H,6-7,11H2,1H3. The minimum Gasteiger partial charge on any atom is -0.358 e. The van der Waals surface area contributed by atoms with E-state index in [0.29, 0.717) is 30.2 Å². The van der Waals surface area contributed by atoms with Gasteiger partial charge < -0.3 is 9.80 Å². The largest absolute Gasteiger partial charge is 0.358 e. The van der Waals surface area contributed by atoms with E-state index in [4.69, 9.17) is 11.6 Å². The van der Waals surface area contributed by atoms with E-state index in [-0.39, 0.29) is 23.2 Å². The first-order valence-corrected chi connectivity index (χ1v) is 9.29. The molecule has 0 aliphatic carbocycles. The van der Waals surface area contributed by atoms with Crippen molar-refractivity contribution >= 4 is 34.6 Å².